The van der Waals surface area contributed by atoms with Crippen LogP contribution in [0.1, 0.15) is 25.3 Å². The Morgan fingerprint density at radius 3 is 2.56 bits per heavy atom. The molecule has 0 saturated heterocycles. The lowest BCUT2D eigenvalue weighted by Gasteiger charge is -2.10. The number of rotatable bonds is 4. The average Bonchev–Trinajstić information content (AvgIpc) is 2.37. The van der Waals surface area contributed by atoms with E-state index in [0.29, 0.717) is 12.8 Å². The van der Waals surface area contributed by atoms with Gasteiger partial charge in [0.2, 0.25) is 0 Å². The van der Waals surface area contributed by atoms with Gasteiger partial charge in [0.15, 0.2) is 0 Å². The third kappa shape index (κ3) is 4.71. The zero-order chi connectivity index (χ0) is 13.4. The third-order valence-electron chi connectivity index (χ3n) is 2.27. The fourth-order valence-electron chi connectivity index (χ4n) is 1.39. The number of carbonyl (C=O) groups excluding carboxylic acids is 1. The Morgan fingerprint density at radius 2 is 2.00 bits per heavy atom. The van der Waals surface area contributed by atoms with E-state index in [2.05, 4.69) is 17.2 Å². The Kier molecular flexibility index (Phi) is 5.46. The molecule has 1 aromatic rings. The zero-order valence-electron chi connectivity index (χ0n) is 10.1. The quantitative estimate of drug-likeness (QED) is 0.788. The minimum atomic E-state index is -1.04. The second kappa shape index (κ2) is 7.13. The lowest BCUT2D eigenvalue weighted by atomic mass is 10.1. The van der Waals surface area contributed by atoms with Gasteiger partial charge in [-0.15, -0.1) is 0 Å². The van der Waals surface area contributed by atoms with Crippen molar-refractivity contribution in [2.24, 2.45) is 0 Å². The summed E-state index contributed by atoms with van der Waals surface area (Å²) < 4.78 is 0. The Morgan fingerprint density at radius 1 is 1.33 bits per heavy atom. The Balaban J connectivity index is 2.61. The van der Waals surface area contributed by atoms with Crippen molar-refractivity contribution in [1.29, 1.82) is 0 Å². The lowest BCUT2D eigenvalue weighted by molar-refractivity contribution is -0.141. The summed E-state index contributed by atoms with van der Waals surface area (Å²) in [6.07, 6.45) is 1.08. The topological polar surface area (TPSA) is 66.4 Å². The van der Waals surface area contributed by atoms with E-state index in [9.17, 15) is 9.59 Å². The number of aliphatic carboxylic acids is 1. The van der Waals surface area contributed by atoms with Crippen molar-refractivity contribution in [2.75, 3.05) is 0 Å². The molecule has 0 aliphatic heterocycles. The van der Waals surface area contributed by atoms with Crippen LogP contribution in [0.3, 0.4) is 0 Å². The number of carbonyl (C=O) groups is 2. The van der Waals surface area contributed by atoms with Gasteiger partial charge in [0.1, 0.15) is 6.04 Å². The molecule has 0 aromatic heterocycles. The highest BCUT2D eigenvalue weighted by Gasteiger charge is 2.17. The van der Waals surface area contributed by atoms with Crippen molar-refractivity contribution in [3.8, 4) is 11.8 Å². The summed E-state index contributed by atoms with van der Waals surface area (Å²) in [6.45, 7) is 1.86. The molecule has 18 heavy (non-hydrogen) atoms. The van der Waals surface area contributed by atoms with Crippen LogP contribution in [0, 0.1) is 11.8 Å². The molecule has 94 valence electrons. The first kappa shape index (κ1) is 13.8. The van der Waals surface area contributed by atoms with Gasteiger partial charge < -0.3 is 10.4 Å². The summed E-state index contributed by atoms with van der Waals surface area (Å²) in [6, 6.07) is 8.18. The summed E-state index contributed by atoms with van der Waals surface area (Å²) in [4.78, 5) is 22.3. The van der Waals surface area contributed by atoms with Crippen LogP contribution in [0.2, 0.25) is 0 Å². The van der Waals surface area contributed by atoms with Crippen LogP contribution in [-0.4, -0.2) is 23.0 Å². The maximum absolute atomic E-state index is 11.5. The van der Waals surface area contributed by atoms with Crippen molar-refractivity contribution in [3.63, 3.8) is 0 Å². The number of hydrogen-bond acceptors (Lipinski definition) is 2. The third-order valence-corrected chi connectivity index (χ3v) is 2.27. The smallest absolute Gasteiger partial charge is 0.326 e. The molecule has 4 heteroatoms. The first-order valence-corrected chi connectivity index (χ1v) is 5.74. The number of benzene rings is 1. The SMILES string of the molecule is CCCC(NC(=O)C#Cc1ccccc1)C(=O)O. The normalized spacial score (nSPS) is 10.9. The molecule has 0 saturated carbocycles. The maximum Gasteiger partial charge on any atom is 0.326 e. The molecule has 1 atom stereocenters. The molecule has 0 heterocycles. The number of carboxylic acid groups (broad SMARTS) is 1. The standard InChI is InChI=1S/C14H15NO3/c1-2-6-12(14(17)18)15-13(16)10-9-11-7-4-3-5-8-11/h3-5,7-8,12H,2,6H2,1H3,(H,15,16)(H,17,18). The fourth-order valence-corrected chi connectivity index (χ4v) is 1.39. The molecule has 0 spiro atoms. The first-order chi connectivity index (χ1) is 8.63. The van der Waals surface area contributed by atoms with Gasteiger partial charge in [-0.3, -0.25) is 4.79 Å². The molecule has 2 N–H and O–H groups in total. The van der Waals surface area contributed by atoms with Crippen molar-refractivity contribution in [2.45, 2.75) is 25.8 Å². The molecule has 1 aromatic carbocycles. The zero-order valence-corrected chi connectivity index (χ0v) is 10.1. The molecule has 0 fully saturated rings. The van der Waals surface area contributed by atoms with E-state index in [0.717, 1.165) is 5.56 Å². The molecule has 1 unspecified atom stereocenters. The molecule has 1 rings (SSSR count). The summed E-state index contributed by atoms with van der Waals surface area (Å²) in [5, 5.41) is 11.3. The van der Waals surface area contributed by atoms with E-state index < -0.39 is 17.9 Å². The van der Waals surface area contributed by atoms with Crippen molar-refractivity contribution in [3.05, 3.63) is 35.9 Å². The van der Waals surface area contributed by atoms with Crippen LogP contribution in [-0.2, 0) is 9.59 Å². The summed E-state index contributed by atoms with van der Waals surface area (Å²) >= 11 is 0. The molecule has 0 bridgehead atoms. The number of amides is 1. The largest absolute Gasteiger partial charge is 0.480 e. The second-order valence-electron chi connectivity index (χ2n) is 3.77. The van der Waals surface area contributed by atoms with Gasteiger partial charge in [0.25, 0.3) is 5.91 Å². The highest BCUT2D eigenvalue weighted by atomic mass is 16.4. The molecule has 1 amide bonds. The van der Waals surface area contributed by atoms with E-state index in [4.69, 9.17) is 5.11 Å². The van der Waals surface area contributed by atoms with Crippen LogP contribution < -0.4 is 5.32 Å². The first-order valence-electron chi connectivity index (χ1n) is 5.74. The van der Waals surface area contributed by atoms with Crippen LogP contribution >= 0.6 is 0 Å². The second-order valence-corrected chi connectivity index (χ2v) is 3.77. The number of carboxylic acids is 1. The minimum absolute atomic E-state index is 0.397. The van der Waals surface area contributed by atoms with Crippen LogP contribution in [0.4, 0.5) is 0 Å². The van der Waals surface area contributed by atoms with Crippen molar-refractivity contribution >= 4 is 11.9 Å². The Hall–Kier alpha value is -2.28. The predicted molar refractivity (Wildman–Crippen MR) is 67.8 cm³/mol. The molecular weight excluding hydrogens is 230 g/mol. The molecule has 0 radical (unpaired) electrons. The van der Waals surface area contributed by atoms with Crippen molar-refractivity contribution in [1.82, 2.24) is 5.32 Å². The van der Waals surface area contributed by atoms with Gasteiger partial charge in [0, 0.05) is 11.5 Å². The van der Waals surface area contributed by atoms with Gasteiger partial charge >= 0.3 is 5.97 Å². The van der Waals surface area contributed by atoms with Gasteiger partial charge in [-0.1, -0.05) is 37.5 Å². The number of nitrogens with one attached hydrogen (secondary N) is 1. The van der Waals surface area contributed by atoms with Crippen LogP contribution in [0.5, 0.6) is 0 Å². The molecule has 0 aliphatic carbocycles. The van der Waals surface area contributed by atoms with E-state index >= 15 is 0 Å². The Bertz CT molecular complexity index is 471. The van der Waals surface area contributed by atoms with E-state index in [1.807, 2.05) is 25.1 Å². The van der Waals surface area contributed by atoms with Gasteiger partial charge in [0.05, 0.1) is 0 Å². The highest BCUT2D eigenvalue weighted by molar-refractivity contribution is 5.96. The maximum atomic E-state index is 11.5. The average molecular weight is 245 g/mol. The van der Waals surface area contributed by atoms with Crippen LogP contribution in [0.15, 0.2) is 30.3 Å². The highest BCUT2D eigenvalue weighted by Crippen LogP contribution is 1.97. The summed E-state index contributed by atoms with van der Waals surface area (Å²) in [5.74, 6) is 3.45. The fraction of sp³-hybridized carbons (Fsp3) is 0.286. The number of hydrogen-bond donors (Lipinski definition) is 2. The van der Waals surface area contributed by atoms with E-state index in [1.165, 1.54) is 0 Å². The Labute approximate surface area is 106 Å². The predicted octanol–water partition coefficient (Wildman–Crippen LogP) is 1.41. The molecular formula is C14H15NO3. The van der Waals surface area contributed by atoms with Gasteiger partial charge in [-0.25, -0.2) is 4.79 Å². The van der Waals surface area contributed by atoms with Gasteiger partial charge in [-0.2, -0.15) is 0 Å². The monoisotopic (exact) mass is 245 g/mol. The van der Waals surface area contributed by atoms with Crippen LogP contribution in [0.25, 0.3) is 0 Å². The lowest BCUT2D eigenvalue weighted by Crippen LogP contribution is -2.40. The van der Waals surface area contributed by atoms with Gasteiger partial charge in [-0.05, 0) is 18.6 Å². The van der Waals surface area contributed by atoms with E-state index in [1.54, 1.807) is 12.1 Å². The van der Waals surface area contributed by atoms with E-state index in [-0.39, 0.29) is 0 Å². The summed E-state index contributed by atoms with van der Waals surface area (Å²) in [7, 11) is 0. The summed E-state index contributed by atoms with van der Waals surface area (Å²) in [5.41, 5.74) is 0.718. The minimum Gasteiger partial charge on any atom is -0.480 e. The molecule has 0 aliphatic rings. The van der Waals surface area contributed by atoms with Crippen molar-refractivity contribution < 1.29 is 14.7 Å². The molecule has 4 nitrogen and oxygen atoms in total.